The second-order valence-corrected chi connectivity index (χ2v) is 10.6. The fourth-order valence-electron chi connectivity index (χ4n) is 2.40. The van der Waals surface area contributed by atoms with Crippen LogP contribution in [0.15, 0.2) is 29.2 Å². The lowest BCUT2D eigenvalue weighted by Crippen LogP contribution is -2.29. The summed E-state index contributed by atoms with van der Waals surface area (Å²) in [4.78, 5) is 0.177. The molecule has 0 saturated heterocycles. The van der Waals surface area contributed by atoms with E-state index in [1.807, 2.05) is 0 Å². The van der Waals surface area contributed by atoms with E-state index in [2.05, 4.69) is 18.6 Å². The predicted octanol–water partition coefficient (Wildman–Crippen LogP) is 2.99. The SMILES string of the molecule is CCCCC(CC)CNS(=O)(=O)c1ccc(OCCS(=O)(=O)CC)cc1. The molecule has 0 aliphatic carbocycles. The smallest absolute Gasteiger partial charge is 0.240 e. The van der Waals surface area contributed by atoms with Crippen LogP contribution >= 0.6 is 0 Å². The summed E-state index contributed by atoms with van der Waals surface area (Å²) in [7, 11) is -6.63. The monoisotopic (exact) mass is 405 g/mol. The van der Waals surface area contributed by atoms with Crippen LogP contribution < -0.4 is 9.46 Å². The molecule has 0 amide bonds. The Morgan fingerprint density at radius 1 is 1.04 bits per heavy atom. The van der Waals surface area contributed by atoms with Crippen LogP contribution in [-0.4, -0.2) is 41.5 Å². The summed E-state index contributed by atoms with van der Waals surface area (Å²) in [5.74, 6) is 0.815. The van der Waals surface area contributed by atoms with E-state index >= 15 is 0 Å². The molecule has 0 bridgehead atoms. The van der Waals surface area contributed by atoms with Gasteiger partial charge in [-0.1, -0.05) is 40.0 Å². The van der Waals surface area contributed by atoms with E-state index < -0.39 is 19.9 Å². The largest absolute Gasteiger partial charge is 0.493 e. The Morgan fingerprint density at radius 2 is 1.69 bits per heavy atom. The molecule has 1 aromatic rings. The van der Waals surface area contributed by atoms with Crippen molar-refractivity contribution in [2.24, 2.45) is 5.92 Å². The molecule has 1 N–H and O–H groups in total. The van der Waals surface area contributed by atoms with Crippen molar-refractivity contribution < 1.29 is 21.6 Å². The van der Waals surface area contributed by atoms with E-state index in [9.17, 15) is 16.8 Å². The first-order valence-corrected chi connectivity index (χ1v) is 12.5. The maximum atomic E-state index is 12.4. The average molecular weight is 406 g/mol. The third kappa shape index (κ3) is 8.05. The average Bonchev–Trinajstić information content (AvgIpc) is 2.62. The van der Waals surface area contributed by atoms with Crippen LogP contribution in [0.4, 0.5) is 0 Å². The predicted molar refractivity (Wildman–Crippen MR) is 105 cm³/mol. The van der Waals surface area contributed by atoms with E-state index in [-0.39, 0.29) is 23.0 Å². The number of hydrogen-bond donors (Lipinski definition) is 1. The molecular formula is C18H31NO5S2. The van der Waals surface area contributed by atoms with Gasteiger partial charge in [0.2, 0.25) is 10.0 Å². The first-order chi connectivity index (χ1) is 12.2. The van der Waals surface area contributed by atoms with E-state index in [1.165, 1.54) is 12.1 Å². The molecular weight excluding hydrogens is 374 g/mol. The number of benzene rings is 1. The van der Waals surface area contributed by atoms with Gasteiger partial charge in [0.25, 0.3) is 0 Å². The lowest BCUT2D eigenvalue weighted by Gasteiger charge is -2.15. The molecule has 1 rings (SSSR count). The summed E-state index contributed by atoms with van der Waals surface area (Å²) < 4.78 is 55.7. The van der Waals surface area contributed by atoms with Gasteiger partial charge in [-0.05, 0) is 36.6 Å². The van der Waals surface area contributed by atoms with Crippen molar-refractivity contribution in [1.82, 2.24) is 4.72 Å². The molecule has 0 aromatic heterocycles. The van der Waals surface area contributed by atoms with Crippen molar-refractivity contribution in [3.63, 3.8) is 0 Å². The van der Waals surface area contributed by atoms with Crippen LogP contribution in [0.2, 0.25) is 0 Å². The summed E-state index contributed by atoms with van der Waals surface area (Å²) >= 11 is 0. The number of ether oxygens (including phenoxy) is 1. The number of rotatable bonds is 13. The van der Waals surface area contributed by atoms with Crippen molar-refractivity contribution in [2.45, 2.75) is 51.3 Å². The first kappa shape index (κ1) is 22.9. The molecule has 0 heterocycles. The van der Waals surface area contributed by atoms with E-state index in [0.717, 1.165) is 25.7 Å². The molecule has 0 aliphatic heterocycles. The molecule has 1 aromatic carbocycles. The van der Waals surface area contributed by atoms with Gasteiger partial charge in [-0.15, -0.1) is 0 Å². The Labute approximate surface area is 158 Å². The fourth-order valence-corrected chi connectivity index (χ4v) is 4.14. The summed E-state index contributed by atoms with van der Waals surface area (Å²) in [6.07, 6.45) is 4.16. The molecule has 8 heteroatoms. The minimum Gasteiger partial charge on any atom is -0.493 e. The van der Waals surface area contributed by atoms with Crippen molar-refractivity contribution in [1.29, 1.82) is 0 Å². The maximum Gasteiger partial charge on any atom is 0.240 e. The highest BCUT2D eigenvalue weighted by Gasteiger charge is 2.16. The van der Waals surface area contributed by atoms with Gasteiger partial charge < -0.3 is 4.74 Å². The van der Waals surface area contributed by atoms with Crippen LogP contribution in [0.25, 0.3) is 0 Å². The van der Waals surface area contributed by atoms with Crippen LogP contribution in [0.1, 0.15) is 46.5 Å². The highest BCUT2D eigenvalue weighted by molar-refractivity contribution is 7.91. The second kappa shape index (κ2) is 10.9. The zero-order valence-electron chi connectivity index (χ0n) is 15.9. The molecule has 1 unspecified atom stereocenters. The van der Waals surface area contributed by atoms with Gasteiger partial charge in [-0.25, -0.2) is 21.6 Å². The number of sulfone groups is 1. The molecule has 0 spiro atoms. The van der Waals surface area contributed by atoms with Crippen LogP contribution in [0, 0.1) is 5.92 Å². The topological polar surface area (TPSA) is 89.5 Å². The van der Waals surface area contributed by atoms with Gasteiger partial charge >= 0.3 is 0 Å². The minimum absolute atomic E-state index is 0.0517. The Bertz CT molecular complexity index is 727. The number of nitrogens with one attached hydrogen (secondary N) is 1. The van der Waals surface area contributed by atoms with Gasteiger partial charge in [0.15, 0.2) is 9.84 Å². The van der Waals surface area contributed by atoms with Crippen molar-refractivity contribution >= 4 is 19.9 Å². The summed E-state index contributed by atoms with van der Waals surface area (Å²) in [6.45, 7) is 6.27. The van der Waals surface area contributed by atoms with Crippen molar-refractivity contribution in [3.8, 4) is 5.75 Å². The Hall–Kier alpha value is -1.12. The standard InChI is InChI=1S/C18H31NO5S2/c1-4-7-8-16(5-2)15-19-26(22,23)18-11-9-17(10-12-18)24-13-14-25(20,21)6-3/h9-12,16,19H,4-8,13-15H2,1-3H3. The molecule has 0 radical (unpaired) electrons. The van der Waals surface area contributed by atoms with Crippen LogP contribution in [-0.2, 0) is 19.9 Å². The number of sulfonamides is 1. The van der Waals surface area contributed by atoms with E-state index in [1.54, 1.807) is 19.1 Å². The Kier molecular flexibility index (Phi) is 9.60. The fraction of sp³-hybridized carbons (Fsp3) is 0.667. The number of hydrogen-bond acceptors (Lipinski definition) is 5. The summed E-state index contributed by atoms with van der Waals surface area (Å²) in [5, 5.41) is 0. The van der Waals surface area contributed by atoms with Gasteiger partial charge in [0.1, 0.15) is 12.4 Å². The summed E-state index contributed by atoms with van der Waals surface area (Å²) in [6, 6.07) is 6.03. The molecule has 0 fully saturated rings. The lowest BCUT2D eigenvalue weighted by molar-refractivity contribution is 0.340. The van der Waals surface area contributed by atoms with Gasteiger partial charge in [-0.2, -0.15) is 0 Å². The maximum absolute atomic E-state index is 12.4. The third-order valence-corrected chi connectivity index (χ3v) is 7.45. The molecule has 6 nitrogen and oxygen atoms in total. The molecule has 1 atom stereocenters. The molecule has 26 heavy (non-hydrogen) atoms. The van der Waals surface area contributed by atoms with Gasteiger partial charge in [-0.3, -0.25) is 0 Å². The van der Waals surface area contributed by atoms with E-state index in [0.29, 0.717) is 18.2 Å². The lowest BCUT2D eigenvalue weighted by atomic mass is 10.00. The number of unbranched alkanes of at least 4 members (excludes halogenated alkanes) is 1. The third-order valence-electron chi connectivity index (χ3n) is 4.34. The summed E-state index contributed by atoms with van der Waals surface area (Å²) in [5.41, 5.74) is 0. The van der Waals surface area contributed by atoms with Gasteiger partial charge in [0.05, 0.1) is 10.6 Å². The highest BCUT2D eigenvalue weighted by Crippen LogP contribution is 2.17. The van der Waals surface area contributed by atoms with Gasteiger partial charge in [0, 0.05) is 12.3 Å². The molecule has 150 valence electrons. The van der Waals surface area contributed by atoms with Crippen LogP contribution in [0.5, 0.6) is 5.75 Å². The molecule has 0 saturated carbocycles. The Balaban J connectivity index is 2.60. The Morgan fingerprint density at radius 3 is 2.23 bits per heavy atom. The molecule has 0 aliphatic rings. The first-order valence-electron chi connectivity index (χ1n) is 9.17. The van der Waals surface area contributed by atoms with Crippen molar-refractivity contribution in [2.75, 3.05) is 24.7 Å². The minimum atomic E-state index is -3.56. The second-order valence-electron chi connectivity index (χ2n) is 6.32. The normalized spacial score (nSPS) is 13.5. The quantitative estimate of drug-likeness (QED) is 0.545. The van der Waals surface area contributed by atoms with Crippen LogP contribution in [0.3, 0.4) is 0 Å². The van der Waals surface area contributed by atoms with E-state index in [4.69, 9.17) is 4.74 Å². The zero-order valence-corrected chi connectivity index (χ0v) is 17.5. The highest BCUT2D eigenvalue weighted by atomic mass is 32.2. The van der Waals surface area contributed by atoms with Crippen molar-refractivity contribution in [3.05, 3.63) is 24.3 Å². The zero-order chi connectivity index (χ0) is 19.6.